The molecular formula is C12H19N3O3. The lowest BCUT2D eigenvalue weighted by Crippen LogP contribution is -2.23. The molecule has 1 rings (SSSR count). The first-order valence-electron chi connectivity index (χ1n) is 6.02. The fourth-order valence-electron chi connectivity index (χ4n) is 1.47. The molecule has 0 aromatic carbocycles. The van der Waals surface area contributed by atoms with Crippen molar-refractivity contribution in [3.63, 3.8) is 0 Å². The third kappa shape index (κ3) is 3.87. The predicted octanol–water partition coefficient (Wildman–Crippen LogP) is 1.42. The highest BCUT2D eigenvalue weighted by molar-refractivity contribution is 5.70. The van der Waals surface area contributed by atoms with Crippen LogP contribution in [0.3, 0.4) is 0 Å². The van der Waals surface area contributed by atoms with Gasteiger partial charge >= 0.3 is 5.97 Å². The lowest BCUT2D eigenvalue weighted by molar-refractivity contribution is -0.141. The summed E-state index contributed by atoms with van der Waals surface area (Å²) in [6.45, 7) is 5.92. The van der Waals surface area contributed by atoms with Gasteiger partial charge in [0.15, 0.2) is 0 Å². The predicted molar refractivity (Wildman–Crippen MR) is 68.9 cm³/mol. The smallest absolute Gasteiger partial charge is 0.308 e. The van der Waals surface area contributed by atoms with Gasteiger partial charge < -0.3 is 15.4 Å². The second-order valence-electron chi connectivity index (χ2n) is 4.49. The van der Waals surface area contributed by atoms with Gasteiger partial charge in [-0.2, -0.15) is 0 Å². The minimum Gasteiger partial charge on any atom is -0.481 e. The number of H-pyrrole nitrogens is 1. The van der Waals surface area contributed by atoms with Crippen molar-refractivity contribution >= 4 is 11.8 Å². The minimum absolute atomic E-state index is 0.112. The summed E-state index contributed by atoms with van der Waals surface area (Å²) in [4.78, 5) is 29.2. The van der Waals surface area contributed by atoms with Gasteiger partial charge in [-0.15, -0.1) is 0 Å². The van der Waals surface area contributed by atoms with Crippen molar-refractivity contribution in [1.29, 1.82) is 0 Å². The van der Waals surface area contributed by atoms with Crippen molar-refractivity contribution in [1.82, 2.24) is 9.97 Å². The number of nitrogens with one attached hydrogen (secondary N) is 2. The summed E-state index contributed by atoms with van der Waals surface area (Å²) < 4.78 is 0. The molecule has 0 spiro atoms. The van der Waals surface area contributed by atoms with E-state index in [1.165, 1.54) is 6.07 Å². The highest BCUT2D eigenvalue weighted by atomic mass is 16.4. The van der Waals surface area contributed by atoms with Crippen LogP contribution in [0, 0.1) is 5.92 Å². The fraction of sp³-hybridized carbons (Fsp3) is 0.583. The molecule has 100 valence electrons. The van der Waals surface area contributed by atoms with Gasteiger partial charge in [-0.25, -0.2) is 4.98 Å². The Balaban J connectivity index is 2.79. The first-order chi connectivity index (χ1) is 8.43. The Morgan fingerprint density at radius 1 is 1.56 bits per heavy atom. The summed E-state index contributed by atoms with van der Waals surface area (Å²) >= 11 is 0. The molecule has 1 atom stereocenters. The first kappa shape index (κ1) is 14.2. The second kappa shape index (κ2) is 6.18. The Morgan fingerprint density at radius 3 is 2.72 bits per heavy atom. The molecule has 0 aliphatic rings. The third-order valence-corrected chi connectivity index (χ3v) is 2.68. The molecule has 0 aliphatic carbocycles. The van der Waals surface area contributed by atoms with E-state index >= 15 is 0 Å². The number of hydrogen-bond acceptors (Lipinski definition) is 4. The zero-order valence-electron chi connectivity index (χ0n) is 10.9. The maximum atomic E-state index is 11.4. The van der Waals surface area contributed by atoms with Gasteiger partial charge in [-0.3, -0.25) is 9.59 Å². The van der Waals surface area contributed by atoms with E-state index in [0.717, 1.165) is 0 Å². The molecule has 0 saturated heterocycles. The molecule has 1 unspecified atom stereocenters. The van der Waals surface area contributed by atoms with Crippen molar-refractivity contribution in [2.24, 2.45) is 5.92 Å². The van der Waals surface area contributed by atoms with Crippen LogP contribution in [0.15, 0.2) is 10.9 Å². The first-order valence-corrected chi connectivity index (χ1v) is 6.02. The molecule has 3 N–H and O–H groups in total. The normalized spacial score (nSPS) is 12.4. The van der Waals surface area contributed by atoms with Crippen LogP contribution in [0.5, 0.6) is 0 Å². The van der Waals surface area contributed by atoms with Gasteiger partial charge in [0.25, 0.3) is 5.56 Å². The monoisotopic (exact) mass is 253 g/mol. The molecule has 0 aliphatic heterocycles. The Hall–Kier alpha value is -1.85. The maximum Gasteiger partial charge on any atom is 0.308 e. The van der Waals surface area contributed by atoms with Crippen molar-refractivity contribution in [3.05, 3.63) is 22.2 Å². The topological polar surface area (TPSA) is 95.1 Å². The van der Waals surface area contributed by atoms with E-state index in [0.29, 0.717) is 18.1 Å². The van der Waals surface area contributed by atoms with Gasteiger partial charge in [0.05, 0.1) is 5.92 Å². The average molecular weight is 253 g/mol. The number of anilines is 1. The Bertz CT molecular complexity index is 468. The van der Waals surface area contributed by atoms with E-state index in [2.05, 4.69) is 15.3 Å². The quantitative estimate of drug-likeness (QED) is 0.712. The number of carbonyl (C=O) groups is 1. The van der Waals surface area contributed by atoms with Crippen LogP contribution >= 0.6 is 0 Å². The molecular weight excluding hydrogens is 234 g/mol. The number of aromatic amines is 1. The second-order valence-corrected chi connectivity index (χ2v) is 4.49. The van der Waals surface area contributed by atoms with Crippen molar-refractivity contribution in [2.45, 2.75) is 33.1 Å². The molecule has 6 nitrogen and oxygen atoms in total. The summed E-state index contributed by atoms with van der Waals surface area (Å²) in [5, 5.41) is 11.8. The summed E-state index contributed by atoms with van der Waals surface area (Å²) in [5.41, 5.74) is -0.237. The molecule has 0 radical (unpaired) electrons. The molecule has 1 aromatic heterocycles. The Labute approximate surface area is 105 Å². The summed E-state index contributed by atoms with van der Waals surface area (Å²) in [7, 11) is 0. The average Bonchev–Trinajstić information content (AvgIpc) is 2.28. The van der Waals surface area contributed by atoms with E-state index in [1.54, 1.807) is 0 Å². The molecule has 0 saturated carbocycles. The van der Waals surface area contributed by atoms with E-state index in [9.17, 15) is 9.59 Å². The summed E-state index contributed by atoms with van der Waals surface area (Å²) in [6, 6.07) is 1.33. The van der Waals surface area contributed by atoms with E-state index in [4.69, 9.17) is 5.11 Å². The number of hydrogen-bond donors (Lipinski definition) is 3. The minimum atomic E-state index is -0.848. The molecule has 1 aromatic rings. The van der Waals surface area contributed by atoms with Crippen molar-refractivity contribution in [3.8, 4) is 0 Å². The zero-order valence-corrected chi connectivity index (χ0v) is 10.9. The lowest BCUT2D eigenvalue weighted by atomic mass is 10.1. The molecule has 0 fully saturated rings. The number of carboxylic acids is 1. The van der Waals surface area contributed by atoms with Crippen LogP contribution in [0.1, 0.15) is 38.9 Å². The third-order valence-electron chi connectivity index (χ3n) is 2.68. The van der Waals surface area contributed by atoms with Crippen LogP contribution in [-0.4, -0.2) is 27.6 Å². The lowest BCUT2D eigenvalue weighted by Gasteiger charge is -2.12. The van der Waals surface area contributed by atoms with Crippen LogP contribution in [0.4, 0.5) is 5.82 Å². The largest absolute Gasteiger partial charge is 0.481 e. The molecule has 1 heterocycles. The van der Waals surface area contributed by atoms with E-state index in [1.807, 2.05) is 20.8 Å². The summed E-state index contributed by atoms with van der Waals surface area (Å²) in [5.74, 6) is -0.205. The number of aromatic nitrogens is 2. The van der Waals surface area contributed by atoms with Crippen molar-refractivity contribution < 1.29 is 9.90 Å². The van der Waals surface area contributed by atoms with E-state index < -0.39 is 11.9 Å². The molecule has 18 heavy (non-hydrogen) atoms. The van der Waals surface area contributed by atoms with Gasteiger partial charge in [0.1, 0.15) is 11.6 Å². The summed E-state index contributed by atoms with van der Waals surface area (Å²) in [6.07, 6.45) is 0.530. The molecule has 0 bridgehead atoms. The van der Waals surface area contributed by atoms with Gasteiger partial charge in [0.2, 0.25) is 0 Å². The molecule has 6 heteroatoms. The van der Waals surface area contributed by atoms with Crippen molar-refractivity contribution in [2.75, 3.05) is 11.9 Å². The number of nitrogens with zero attached hydrogens (tertiary/aromatic N) is 1. The number of aliphatic carboxylic acids is 1. The highest BCUT2D eigenvalue weighted by Gasteiger charge is 2.15. The standard InChI is InChI=1S/C12H19N3O3/c1-4-8(12(17)18)6-13-9-5-10(16)15-11(14-9)7(2)3/h5,7-8H,4,6H2,1-3H3,(H,17,18)(H2,13,14,15,16). The zero-order chi connectivity index (χ0) is 13.7. The molecule has 0 amide bonds. The van der Waals surface area contributed by atoms with Crippen LogP contribution in [-0.2, 0) is 4.79 Å². The van der Waals surface area contributed by atoms with Crippen LogP contribution in [0.2, 0.25) is 0 Å². The highest BCUT2D eigenvalue weighted by Crippen LogP contribution is 2.10. The van der Waals surface area contributed by atoms with Crippen LogP contribution in [0.25, 0.3) is 0 Å². The number of rotatable bonds is 6. The van der Waals surface area contributed by atoms with E-state index in [-0.39, 0.29) is 18.0 Å². The maximum absolute atomic E-state index is 11.4. The Kier molecular flexibility index (Phi) is 4.88. The van der Waals surface area contributed by atoms with Crippen LogP contribution < -0.4 is 10.9 Å². The van der Waals surface area contributed by atoms with Gasteiger partial charge in [0, 0.05) is 18.5 Å². The fourth-order valence-corrected chi connectivity index (χ4v) is 1.47. The SMILES string of the molecule is CCC(CNc1cc(=O)[nH]c(C(C)C)n1)C(=O)O. The Morgan fingerprint density at radius 2 is 2.22 bits per heavy atom. The van der Waals surface area contributed by atoms with Gasteiger partial charge in [-0.1, -0.05) is 20.8 Å². The van der Waals surface area contributed by atoms with Gasteiger partial charge in [-0.05, 0) is 6.42 Å². The number of carboxylic acid groups (broad SMARTS) is 1.